The number of likely N-dealkylation sites (tertiary alicyclic amines) is 1. The Labute approximate surface area is 114 Å². The van der Waals surface area contributed by atoms with Gasteiger partial charge in [0.15, 0.2) is 0 Å². The van der Waals surface area contributed by atoms with Gasteiger partial charge in [0.05, 0.1) is 19.0 Å². The van der Waals surface area contributed by atoms with E-state index in [1.54, 1.807) is 16.2 Å². The van der Waals surface area contributed by atoms with E-state index in [0.29, 0.717) is 19.5 Å². The van der Waals surface area contributed by atoms with Crippen LogP contribution < -0.4 is 5.32 Å². The SMILES string of the molecule is O=C(Cc1ccsc1)N1CC(N2C(=O)CNC2=O)C1. The number of urea groups is 1. The molecule has 1 aromatic heterocycles. The van der Waals surface area contributed by atoms with Crippen LogP contribution in [-0.4, -0.2) is 53.3 Å². The predicted octanol–water partition coefficient (Wildman–Crippen LogP) is 0.0532. The lowest BCUT2D eigenvalue weighted by molar-refractivity contribution is -0.141. The van der Waals surface area contributed by atoms with E-state index >= 15 is 0 Å². The minimum atomic E-state index is -0.347. The summed E-state index contributed by atoms with van der Waals surface area (Å²) in [7, 11) is 0. The molecule has 0 spiro atoms. The first kappa shape index (κ1) is 12.2. The summed E-state index contributed by atoms with van der Waals surface area (Å²) in [6.45, 7) is 0.961. The smallest absolute Gasteiger partial charge is 0.324 e. The van der Waals surface area contributed by atoms with Crippen LogP contribution in [0.4, 0.5) is 4.79 Å². The Balaban J connectivity index is 1.54. The fourth-order valence-corrected chi connectivity index (χ4v) is 2.97. The highest BCUT2D eigenvalue weighted by molar-refractivity contribution is 7.07. The van der Waals surface area contributed by atoms with Gasteiger partial charge in [-0.05, 0) is 22.4 Å². The van der Waals surface area contributed by atoms with Crippen LogP contribution in [0.1, 0.15) is 5.56 Å². The molecule has 0 saturated carbocycles. The molecule has 3 heterocycles. The molecular formula is C12H13N3O3S. The largest absolute Gasteiger partial charge is 0.338 e. The summed E-state index contributed by atoms with van der Waals surface area (Å²) in [6, 6.07) is 1.42. The second kappa shape index (κ2) is 4.65. The van der Waals surface area contributed by atoms with Crippen LogP contribution in [0.25, 0.3) is 0 Å². The number of thiophene rings is 1. The minimum absolute atomic E-state index is 0.0432. The molecule has 7 heteroatoms. The summed E-state index contributed by atoms with van der Waals surface area (Å²) in [5.74, 6) is -0.165. The number of hydrogen-bond acceptors (Lipinski definition) is 4. The number of hydrogen-bond donors (Lipinski definition) is 1. The molecule has 2 saturated heterocycles. The molecule has 1 N–H and O–H groups in total. The van der Waals surface area contributed by atoms with Crippen LogP contribution >= 0.6 is 11.3 Å². The lowest BCUT2D eigenvalue weighted by atomic mass is 10.1. The Morgan fingerprint density at radius 3 is 2.79 bits per heavy atom. The quantitative estimate of drug-likeness (QED) is 0.795. The molecule has 0 bridgehead atoms. The molecule has 2 aliphatic heterocycles. The maximum Gasteiger partial charge on any atom is 0.324 e. The first-order chi connectivity index (χ1) is 9.15. The van der Waals surface area contributed by atoms with Crippen molar-refractivity contribution in [2.24, 2.45) is 0 Å². The van der Waals surface area contributed by atoms with Crippen molar-refractivity contribution in [3.05, 3.63) is 22.4 Å². The van der Waals surface area contributed by atoms with Crippen molar-refractivity contribution >= 4 is 29.2 Å². The Hall–Kier alpha value is -1.89. The second-order valence-electron chi connectivity index (χ2n) is 4.68. The van der Waals surface area contributed by atoms with Gasteiger partial charge in [-0.1, -0.05) is 0 Å². The molecule has 19 heavy (non-hydrogen) atoms. The summed E-state index contributed by atoms with van der Waals surface area (Å²) in [5, 5.41) is 6.37. The molecule has 0 unspecified atom stereocenters. The minimum Gasteiger partial charge on any atom is -0.338 e. The van der Waals surface area contributed by atoms with E-state index in [9.17, 15) is 14.4 Å². The van der Waals surface area contributed by atoms with E-state index in [0.717, 1.165) is 5.56 Å². The van der Waals surface area contributed by atoms with Crippen molar-refractivity contribution in [2.75, 3.05) is 19.6 Å². The fraction of sp³-hybridized carbons (Fsp3) is 0.417. The number of amides is 4. The maximum absolute atomic E-state index is 11.9. The highest BCUT2D eigenvalue weighted by Crippen LogP contribution is 2.19. The van der Waals surface area contributed by atoms with Gasteiger partial charge in [-0.2, -0.15) is 11.3 Å². The molecule has 0 radical (unpaired) electrons. The Bertz CT molecular complexity index is 506. The van der Waals surface area contributed by atoms with E-state index in [2.05, 4.69) is 5.32 Å². The molecule has 0 aromatic carbocycles. The summed E-state index contributed by atoms with van der Waals surface area (Å²) < 4.78 is 0. The van der Waals surface area contributed by atoms with E-state index in [1.807, 2.05) is 16.8 Å². The molecule has 3 rings (SSSR count). The third-order valence-corrected chi connectivity index (χ3v) is 4.13. The van der Waals surface area contributed by atoms with Gasteiger partial charge < -0.3 is 10.2 Å². The molecule has 0 aliphatic carbocycles. The first-order valence-corrected chi connectivity index (χ1v) is 6.98. The van der Waals surface area contributed by atoms with Gasteiger partial charge in [0.1, 0.15) is 0 Å². The second-order valence-corrected chi connectivity index (χ2v) is 5.46. The van der Waals surface area contributed by atoms with Crippen molar-refractivity contribution in [3.8, 4) is 0 Å². The summed E-state index contributed by atoms with van der Waals surface area (Å²) in [5.41, 5.74) is 1.01. The van der Waals surface area contributed by atoms with Crippen molar-refractivity contribution in [1.82, 2.24) is 15.1 Å². The van der Waals surface area contributed by atoms with Crippen LogP contribution in [0.3, 0.4) is 0 Å². The maximum atomic E-state index is 11.9. The van der Waals surface area contributed by atoms with Gasteiger partial charge in [-0.25, -0.2) is 4.79 Å². The Kier molecular flexibility index (Phi) is 2.98. The number of rotatable bonds is 3. The first-order valence-electron chi connectivity index (χ1n) is 6.04. The van der Waals surface area contributed by atoms with Crippen molar-refractivity contribution in [3.63, 3.8) is 0 Å². The van der Waals surface area contributed by atoms with Gasteiger partial charge in [0.2, 0.25) is 11.8 Å². The van der Waals surface area contributed by atoms with Crippen LogP contribution in [0.15, 0.2) is 16.8 Å². The fourth-order valence-electron chi connectivity index (χ4n) is 2.31. The molecule has 2 fully saturated rings. The molecule has 1 aromatic rings. The number of nitrogens with one attached hydrogen (secondary N) is 1. The van der Waals surface area contributed by atoms with E-state index in [1.165, 1.54) is 4.90 Å². The zero-order valence-electron chi connectivity index (χ0n) is 10.2. The number of imide groups is 1. The molecule has 100 valence electrons. The zero-order chi connectivity index (χ0) is 13.4. The topological polar surface area (TPSA) is 69.7 Å². The van der Waals surface area contributed by atoms with Gasteiger partial charge in [-0.3, -0.25) is 14.5 Å². The summed E-state index contributed by atoms with van der Waals surface area (Å²) >= 11 is 1.56. The lowest BCUT2D eigenvalue weighted by Crippen LogP contribution is -2.62. The van der Waals surface area contributed by atoms with Crippen molar-refractivity contribution < 1.29 is 14.4 Å². The third-order valence-electron chi connectivity index (χ3n) is 3.39. The molecule has 4 amide bonds. The monoisotopic (exact) mass is 279 g/mol. The van der Waals surface area contributed by atoms with Crippen molar-refractivity contribution in [1.29, 1.82) is 0 Å². The summed E-state index contributed by atoms with van der Waals surface area (Å²) in [6.07, 6.45) is 0.385. The number of carbonyl (C=O) groups is 3. The molecule has 0 atom stereocenters. The summed E-state index contributed by atoms with van der Waals surface area (Å²) in [4.78, 5) is 37.8. The highest BCUT2D eigenvalue weighted by atomic mass is 32.1. The van der Waals surface area contributed by atoms with E-state index < -0.39 is 0 Å². The highest BCUT2D eigenvalue weighted by Gasteiger charge is 2.42. The van der Waals surface area contributed by atoms with Gasteiger partial charge in [0, 0.05) is 13.1 Å². The average Bonchev–Trinajstić information content (AvgIpc) is 2.91. The molecular weight excluding hydrogens is 266 g/mol. The van der Waals surface area contributed by atoms with Gasteiger partial charge in [0.25, 0.3) is 0 Å². The van der Waals surface area contributed by atoms with Crippen molar-refractivity contribution in [2.45, 2.75) is 12.5 Å². The van der Waals surface area contributed by atoms with E-state index in [-0.39, 0.29) is 30.4 Å². The van der Waals surface area contributed by atoms with Gasteiger partial charge >= 0.3 is 6.03 Å². The predicted molar refractivity (Wildman–Crippen MR) is 68.6 cm³/mol. The third kappa shape index (κ3) is 2.21. The Morgan fingerprint density at radius 1 is 1.42 bits per heavy atom. The van der Waals surface area contributed by atoms with Crippen LogP contribution in [-0.2, 0) is 16.0 Å². The van der Waals surface area contributed by atoms with Crippen LogP contribution in [0.5, 0.6) is 0 Å². The number of nitrogens with zero attached hydrogens (tertiary/aromatic N) is 2. The zero-order valence-corrected chi connectivity index (χ0v) is 11.0. The van der Waals surface area contributed by atoms with E-state index in [4.69, 9.17) is 0 Å². The lowest BCUT2D eigenvalue weighted by Gasteiger charge is -2.42. The van der Waals surface area contributed by atoms with Gasteiger partial charge in [-0.15, -0.1) is 0 Å². The standard InChI is InChI=1S/C12H13N3O3S/c16-10(3-8-1-2-19-7-8)14-5-9(6-14)15-11(17)4-13-12(15)18/h1-2,7,9H,3-6H2,(H,13,18). The van der Waals surface area contributed by atoms with Crippen LogP contribution in [0, 0.1) is 0 Å². The average molecular weight is 279 g/mol. The van der Waals surface area contributed by atoms with Crippen LogP contribution in [0.2, 0.25) is 0 Å². The molecule has 6 nitrogen and oxygen atoms in total. The molecule has 2 aliphatic rings. The Morgan fingerprint density at radius 2 is 2.21 bits per heavy atom. The normalized spacial score (nSPS) is 19.6. The number of carbonyl (C=O) groups excluding carboxylic acids is 3.